The average Bonchev–Trinajstić information content (AvgIpc) is 2.63. The van der Waals surface area contributed by atoms with E-state index in [1.54, 1.807) is 16.4 Å². The molecule has 2 rings (SSSR count). The highest BCUT2D eigenvalue weighted by atomic mass is 32.2. The number of hydrogen-bond acceptors (Lipinski definition) is 4. The van der Waals surface area contributed by atoms with Gasteiger partial charge in [-0.15, -0.1) is 0 Å². The van der Waals surface area contributed by atoms with E-state index in [0.717, 1.165) is 23.0 Å². The largest absolute Gasteiger partial charge is 0.332 e. The van der Waals surface area contributed by atoms with Crippen molar-refractivity contribution in [2.75, 3.05) is 11.1 Å². The van der Waals surface area contributed by atoms with Crippen LogP contribution < -0.4 is 5.32 Å². The molecule has 1 atom stereocenters. The van der Waals surface area contributed by atoms with Gasteiger partial charge in [-0.25, -0.2) is 0 Å². The van der Waals surface area contributed by atoms with Crippen molar-refractivity contribution in [3.05, 3.63) is 12.4 Å². The van der Waals surface area contributed by atoms with Crippen LogP contribution in [0.15, 0.2) is 17.4 Å². The Bertz CT molecular complexity index is 416. The van der Waals surface area contributed by atoms with E-state index >= 15 is 0 Å². The summed E-state index contributed by atoms with van der Waals surface area (Å²) in [5.74, 6) is 1.13. The first-order valence-electron chi connectivity index (χ1n) is 5.91. The Balaban J connectivity index is 2.08. The van der Waals surface area contributed by atoms with Crippen molar-refractivity contribution < 1.29 is 0 Å². The molecule has 0 bridgehead atoms. The van der Waals surface area contributed by atoms with E-state index in [-0.39, 0.29) is 5.41 Å². The second kappa shape index (κ2) is 4.72. The minimum Gasteiger partial charge on any atom is -0.332 e. The van der Waals surface area contributed by atoms with Crippen molar-refractivity contribution in [3.8, 4) is 0 Å². The van der Waals surface area contributed by atoms with E-state index in [0.29, 0.717) is 6.04 Å². The summed E-state index contributed by atoms with van der Waals surface area (Å²) in [6, 6.07) is 0.405. The molecule has 0 saturated heterocycles. The Hall–Kier alpha value is -0.970. The molecule has 0 radical (unpaired) electrons. The van der Waals surface area contributed by atoms with E-state index in [1.807, 2.05) is 19.4 Å². The second-order valence-corrected chi connectivity index (χ2v) is 6.56. The molecular weight excluding hydrogens is 232 g/mol. The molecule has 0 aromatic carbocycles. The normalized spacial score (nSPS) is 21.2. The van der Waals surface area contributed by atoms with Gasteiger partial charge in [0.15, 0.2) is 5.17 Å². The van der Waals surface area contributed by atoms with Gasteiger partial charge in [0, 0.05) is 19.0 Å². The number of aliphatic imine (C=N–C) groups is 1. The fourth-order valence-electron chi connectivity index (χ4n) is 1.81. The zero-order chi connectivity index (χ0) is 12.5. The molecule has 94 valence electrons. The van der Waals surface area contributed by atoms with E-state index in [4.69, 9.17) is 4.99 Å². The number of rotatable bonds is 1. The molecule has 1 aromatic rings. The molecule has 1 N–H and O–H groups in total. The average molecular weight is 252 g/mol. The van der Waals surface area contributed by atoms with Crippen molar-refractivity contribution >= 4 is 22.6 Å². The monoisotopic (exact) mass is 252 g/mol. The number of aromatic nitrogens is 2. The fraction of sp³-hybridized carbons (Fsp3) is 0.667. The van der Waals surface area contributed by atoms with Crippen molar-refractivity contribution in [3.63, 3.8) is 0 Å². The molecule has 0 amide bonds. The van der Waals surface area contributed by atoms with Gasteiger partial charge in [0.2, 0.25) is 0 Å². The Labute approximate surface area is 107 Å². The van der Waals surface area contributed by atoms with Gasteiger partial charge >= 0.3 is 0 Å². The van der Waals surface area contributed by atoms with E-state index in [2.05, 4.69) is 31.2 Å². The molecule has 5 heteroatoms. The maximum Gasteiger partial charge on any atom is 0.161 e. The molecule has 0 spiro atoms. The lowest BCUT2D eigenvalue weighted by atomic mass is 9.85. The predicted octanol–water partition coefficient (Wildman–Crippen LogP) is 2.74. The minimum absolute atomic E-state index is 0.239. The fourth-order valence-corrected chi connectivity index (χ4v) is 2.74. The second-order valence-electron chi connectivity index (χ2n) is 5.48. The first-order valence-corrected chi connectivity index (χ1v) is 6.90. The van der Waals surface area contributed by atoms with E-state index in [1.165, 1.54) is 0 Å². The van der Waals surface area contributed by atoms with Crippen LogP contribution in [0.3, 0.4) is 0 Å². The summed E-state index contributed by atoms with van der Waals surface area (Å²) in [6.07, 6.45) is 4.94. The van der Waals surface area contributed by atoms with Crippen LogP contribution in [0.1, 0.15) is 27.2 Å². The molecule has 4 nitrogen and oxygen atoms in total. The highest BCUT2D eigenvalue weighted by molar-refractivity contribution is 8.14. The summed E-state index contributed by atoms with van der Waals surface area (Å²) < 4.78 is 1.79. The molecule has 1 unspecified atom stereocenters. The zero-order valence-electron chi connectivity index (χ0n) is 10.9. The number of nitrogens with one attached hydrogen (secondary N) is 1. The van der Waals surface area contributed by atoms with E-state index < -0.39 is 0 Å². The van der Waals surface area contributed by atoms with E-state index in [9.17, 15) is 0 Å². The highest BCUT2D eigenvalue weighted by Gasteiger charge is 2.27. The van der Waals surface area contributed by atoms with Crippen LogP contribution >= 0.6 is 11.8 Å². The lowest BCUT2D eigenvalue weighted by Gasteiger charge is -2.30. The Morgan fingerprint density at radius 2 is 2.24 bits per heavy atom. The van der Waals surface area contributed by atoms with Gasteiger partial charge in [0.25, 0.3) is 0 Å². The third-order valence-corrected chi connectivity index (χ3v) is 3.78. The smallest absolute Gasteiger partial charge is 0.161 e. The number of nitrogens with zero attached hydrogens (tertiary/aromatic N) is 3. The molecule has 1 aromatic heterocycles. The summed E-state index contributed by atoms with van der Waals surface area (Å²) >= 11 is 1.79. The topological polar surface area (TPSA) is 42.2 Å². The van der Waals surface area contributed by atoms with Crippen molar-refractivity contribution in [1.82, 2.24) is 9.78 Å². The van der Waals surface area contributed by atoms with Crippen molar-refractivity contribution in [2.45, 2.75) is 33.2 Å². The summed E-state index contributed by atoms with van der Waals surface area (Å²) in [4.78, 5) is 4.79. The first kappa shape index (κ1) is 12.5. The molecule has 2 heterocycles. The first-order chi connectivity index (χ1) is 7.95. The van der Waals surface area contributed by atoms with Crippen LogP contribution in [0.5, 0.6) is 0 Å². The third-order valence-electron chi connectivity index (χ3n) is 2.86. The van der Waals surface area contributed by atoms with Crippen molar-refractivity contribution in [2.24, 2.45) is 17.5 Å². The Morgan fingerprint density at radius 3 is 2.82 bits per heavy atom. The van der Waals surface area contributed by atoms with Crippen LogP contribution in [0.2, 0.25) is 0 Å². The molecule has 17 heavy (non-hydrogen) atoms. The zero-order valence-corrected chi connectivity index (χ0v) is 11.7. The number of thioether (sulfide) groups is 1. The number of hydrogen-bond donors (Lipinski definition) is 1. The van der Waals surface area contributed by atoms with Gasteiger partial charge in [0.05, 0.1) is 17.9 Å². The summed E-state index contributed by atoms with van der Waals surface area (Å²) in [5, 5.41) is 8.49. The van der Waals surface area contributed by atoms with Gasteiger partial charge in [0.1, 0.15) is 0 Å². The molecule has 1 aliphatic rings. The van der Waals surface area contributed by atoms with Crippen LogP contribution in [-0.2, 0) is 7.05 Å². The molecular formula is C12H20N4S. The van der Waals surface area contributed by atoms with Crippen LogP contribution in [-0.4, -0.2) is 26.7 Å². The molecule has 0 saturated carbocycles. The predicted molar refractivity (Wildman–Crippen MR) is 74.6 cm³/mol. The summed E-state index contributed by atoms with van der Waals surface area (Å²) in [7, 11) is 1.92. The van der Waals surface area contributed by atoms with Crippen LogP contribution in [0.4, 0.5) is 5.69 Å². The number of amidine groups is 1. The van der Waals surface area contributed by atoms with Gasteiger partial charge in [-0.05, 0) is 11.8 Å². The third kappa shape index (κ3) is 3.25. The van der Waals surface area contributed by atoms with Crippen LogP contribution in [0.25, 0.3) is 0 Å². The maximum absolute atomic E-state index is 4.79. The highest BCUT2D eigenvalue weighted by Crippen LogP contribution is 2.30. The lowest BCUT2D eigenvalue weighted by molar-refractivity contribution is 0.316. The van der Waals surface area contributed by atoms with Crippen molar-refractivity contribution in [1.29, 1.82) is 0 Å². The Morgan fingerprint density at radius 1 is 1.47 bits per heavy atom. The quantitative estimate of drug-likeness (QED) is 0.835. The molecule has 0 aliphatic carbocycles. The molecule has 0 fully saturated rings. The van der Waals surface area contributed by atoms with Crippen LogP contribution in [0, 0.1) is 5.41 Å². The maximum atomic E-state index is 4.79. The summed E-state index contributed by atoms with van der Waals surface area (Å²) in [6.45, 7) is 6.75. The Kier molecular flexibility index (Phi) is 3.47. The van der Waals surface area contributed by atoms with Gasteiger partial charge < -0.3 is 5.32 Å². The standard InChI is InChI=1S/C12H20N4S/c1-12(2,3)10-5-6-17-11(15-10)14-9-7-13-16(4)8-9/h7-8,10H,5-6H2,1-4H3,(H,14,15). The van der Waals surface area contributed by atoms with Gasteiger partial charge in [-0.3, -0.25) is 9.67 Å². The van der Waals surface area contributed by atoms with Gasteiger partial charge in [-0.2, -0.15) is 5.10 Å². The lowest BCUT2D eigenvalue weighted by Crippen LogP contribution is -2.30. The van der Waals surface area contributed by atoms with Gasteiger partial charge in [-0.1, -0.05) is 32.5 Å². The number of anilines is 1. The SMILES string of the molecule is Cn1cc(NC2=NC(C(C)(C)C)CCS2)cn1. The number of aryl methyl sites for hydroxylation is 1. The molecule has 1 aliphatic heterocycles. The minimum atomic E-state index is 0.239. The summed E-state index contributed by atoms with van der Waals surface area (Å²) in [5.41, 5.74) is 1.25.